The maximum Gasteiger partial charge on any atom is 0.271 e. The molecule has 0 fully saturated rings. The van der Waals surface area contributed by atoms with Crippen molar-refractivity contribution in [3.05, 3.63) is 49.6 Å². The highest BCUT2D eigenvalue weighted by molar-refractivity contribution is 8.18. The molecule has 0 aliphatic carbocycles. The second-order valence-corrected chi connectivity index (χ2v) is 12.6. The topological polar surface area (TPSA) is 110 Å². The number of benzene rings is 1. The number of sulfonamides is 2. The highest BCUT2D eigenvalue weighted by Crippen LogP contribution is 2.47. The average Bonchev–Trinajstić information content (AvgIpc) is 3.19. The molecule has 0 amide bonds. The van der Waals surface area contributed by atoms with Gasteiger partial charge in [-0.15, -0.1) is 11.3 Å². The van der Waals surface area contributed by atoms with E-state index in [0.717, 1.165) is 23.1 Å². The zero-order valence-electron chi connectivity index (χ0n) is 14.5. The molecule has 1 aliphatic rings. The number of nitrogens with zero attached hydrogens (tertiary/aromatic N) is 1. The van der Waals surface area contributed by atoms with E-state index >= 15 is 0 Å². The fourth-order valence-electron chi connectivity index (χ4n) is 2.74. The molecule has 1 unspecified atom stereocenters. The maximum absolute atomic E-state index is 12.7. The van der Waals surface area contributed by atoms with Crippen molar-refractivity contribution in [2.45, 2.75) is 23.4 Å². The minimum atomic E-state index is -3.92. The zero-order valence-corrected chi connectivity index (χ0v) is 19.3. The van der Waals surface area contributed by atoms with Crippen LogP contribution in [0.4, 0.5) is 11.4 Å². The van der Waals surface area contributed by atoms with E-state index in [4.69, 9.17) is 28.3 Å². The van der Waals surface area contributed by atoms with Crippen molar-refractivity contribution < 1.29 is 16.8 Å². The fourth-order valence-corrected chi connectivity index (χ4v) is 7.54. The van der Waals surface area contributed by atoms with Gasteiger partial charge in [0.05, 0.1) is 26.8 Å². The summed E-state index contributed by atoms with van der Waals surface area (Å²) in [6.07, 6.45) is 0. The summed E-state index contributed by atoms with van der Waals surface area (Å²) in [6.45, 7) is 3.36. The van der Waals surface area contributed by atoms with Gasteiger partial charge in [-0.3, -0.25) is 4.72 Å². The van der Waals surface area contributed by atoms with Crippen molar-refractivity contribution in [3.63, 3.8) is 0 Å². The van der Waals surface area contributed by atoms with Crippen LogP contribution in [0.1, 0.15) is 13.8 Å². The molecule has 28 heavy (non-hydrogen) atoms. The first-order chi connectivity index (χ1) is 12.9. The summed E-state index contributed by atoms with van der Waals surface area (Å²) in [7, 11) is -7.78. The molecule has 3 N–H and O–H groups in total. The fraction of sp³-hybridized carbons (Fsp3) is 0.200. The van der Waals surface area contributed by atoms with E-state index in [1.807, 2.05) is 0 Å². The van der Waals surface area contributed by atoms with E-state index in [0.29, 0.717) is 11.4 Å². The first kappa shape index (κ1) is 21.8. The summed E-state index contributed by atoms with van der Waals surface area (Å²) in [5.74, 6) is 0. The summed E-state index contributed by atoms with van der Waals surface area (Å²) >= 11 is 14.4. The summed E-state index contributed by atoms with van der Waals surface area (Å²) in [6, 6.07) is 5.98. The van der Waals surface area contributed by atoms with Crippen LogP contribution in [0.2, 0.25) is 10.0 Å². The number of hydrogen-bond acceptors (Lipinski definition) is 7. The van der Waals surface area contributed by atoms with E-state index in [1.165, 1.54) is 18.2 Å². The lowest BCUT2D eigenvalue weighted by atomic mass is 10.2. The Morgan fingerprint density at radius 1 is 1.18 bits per heavy atom. The van der Waals surface area contributed by atoms with Crippen LogP contribution in [0.25, 0.3) is 0 Å². The third-order valence-electron chi connectivity index (χ3n) is 3.86. The number of nitrogens with two attached hydrogens (primary N) is 1. The van der Waals surface area contributed by atoms with Crippen molar-refractivity contribution in [1.82, 2.24) is 0 Å². The Labute approximate surface area is 181 Å². The lowest BCUT2D eigenvalue weighted by Gasteiger charge is -2.28. The monoisotopic (exact) mass is 499 g/mol. The van der Waals surface area contributed by atoms with Crippen molar-refractivity contribution >= 4 is 77.7 Å². The second kappa shape index (κ2) is 7.71. The smallest absolute Gasteiger partial charge is 0.271 e. The lowest BCUT2D eigenvalue weighted by Crippen LogP contribution is -2.26. The number of nitrogens with one attached hydrogen (secondary N) is 1. The van der Waals surface area contributed by atoms with Gasteiger partial charge in [-0.05, 0) is 37.4 Å². The Morgan fingerprint density at radius 3 is 2.36 bits per heavy atom. The Hall–Kier alpha value is -0.950. The quantitative estimate of drug-likeness (QED) is 0.636. The molecule has 0 saturated carbocycles. The standard InChI is InChI=1S/C15H15Cl2N3O4S4/c1-8-15(27(18,21)22)26-9(2)20(8)13-7-11(17)10(16)6-12(13)19-28(23,24)14-4-3-5-25-14/h3-7,9,19H,1-2H3,(H2,18,21,22). The Morgan fingerprint density at radius 2 is 1.82 bits per heavy atom. The summed E-state index contributed by atoms with van der Waals surface area (Å²) in [5, 5.41) is 6.94. The van der Waals surface area contributed by atoms with Crippen molar-refractivity contribution in [3.8, 4) is 0 Å². The third-order valence-corrected chi connectivity index (χ3v) is 10.2. The molecule has 1 atom stereocenters. The van der Waals surface area contributed by atoms with Crippen LogP contribution >= 0.6 is 46.3 Å². The van der Waals surface area contributed by atoms with Crippen LogP contribution in [0.3, 0.4) is 0 Å². The van der Waals surface area contributed by atoms with Gasteiger partial charge in [0.1, 0.15) is 8.45 Å². The molecule has 152 valence electrons. The Kier molecular flexibility index (Phi) is 5.99. The van der Waals surface area contributed by atoms with Crippen molar-refractivity contribution in [2.75, 3.05) is 9.62 Å². The first-order valence-corrected chi connectivity index (χ1v) is 13.2. The van der Waals surface area contributed by atoms with Gasteiger partial charge in [-0.2, -0.15) is 0 Å². The summed E-state index contributed by atoms with van der Waals surface area (Å²) in [4.78, 5) is 1.65. The van der Waals surface area contributed by atoms with Crippen LogP contribution in [0.15, 0.2) is 43.8 Å². The van der Waals surface area contributed by atoms with Crippen LogP contribution < -0.4 is 14.8 Å². The number of primary sulfonamides is 1. The van der Waals surface area contributed by atoms with Crippen LogP contribution in [0, 0.1) is 0 Å². The molecule has 0 spiro atoms. The van der Waals surface area contributed by atoms with E-state index < -0.39 is 20.0 Å². The van der Waals surface area contributed by atoms with Crippen LogP contribution in [-0.2, 0) is 20.0 Å². The van der Waals surface area contributed by atoms with Gasteiger partial charge in [0.2, 0.25) is 10.0 Å². The second-order valence-electron chi connectivity index (χ2n) is 5.83. The number of halogens is 2. The predicted molar refractivity (Wildman–Crippen MR) is 117 cm³/mol. The lowest BCUT2D eigenvalue weighted by molar-refractivity contribution is 0.602. The van der Waals surface area contributed by atoms with Gasteiger partial charge < -0.3 is 4.90 Å². The van der Waals surface area contributed by atoms with Gasteiger partial charge in [-0.1, -0.05) is 41.0 Å². The van der Waals surface area contributed by atoms with Gasteiger partial charge in [-0.25, -0.2) is 22.0 Å². The SMILES string of the molecule is CC1=C(S(N)(=O)=O)SC(C)N1c1cc(Cl)c(Cl)cc1NS(=O)(=O)c1cccs1. The van der Waals surface area contributed by atoms with Gasteiger partial charge in [0, 0.05) is 5.70 Å². The first-order valence-electron chi connectivity index (χ1n) is 7.67. The molecule has 3 rings (SSSR count). The molecule has 13 heteroatoms. The minimum Gasteiger partial charge on any atom is -0.329 e. The van der Waals surface area contributed by atoms with Gasteiger partial charge >= 0.3 is 0 Å². The Bertz CT molecular complexity index is 1160. The van der Waals surface area contributed by atoms with E-state index in [1.54, 1.807) is 30.2 Å². The van der Waals surface area contributed by atoms with E-state index in [9.17, 15) is 16.8 Å². The average molecular weight is 500 g/mol. The van der Waals surface area contributed by atoms with Crippen LogP contribution in [-0.4, -0.2) is 22.2 Å². The Balaban J connectivity index is 2.14. The third kappa shape index (κ3) is 4.16. The molecule has 1 aromatic carbocycles. The molecular formula is C15H15Cl2N3O4S4. The molecule has 7 nitrogen and oxygen atoms in total. The van der Waals surface area contributed by atoms with Crippen molar-refractivity contribution in [2.24, 2.45) is 5.14 Å². The highest BCUT2D eigenvalue weighted by atomic mass is 35.5. The van der Waals surface area contributed by atoms with Crippen molar-refractivity contribution in [1.29, 1.82) is 0 Å². The number of hydrogen-bond donors (Lipinski definition) is 2. The van der Waals surface area contributed by atoms with Gasteiger partial charge in [0.25, 0.3) is 10.0 Å². The van der Waals surface area contributed by atoms with Crippen LogP contribution in [0.5, 0.6) is 0 Å². The molecular weight excluding hydrogens is 485 g/mol. The number of allylic oxidation sites excluding steroid dienone is 1. The molecule has 2 heterocycles. The minimum absolute atomic E-state index is 0.0122. The number of anilines is 2. The van der Waals surface area contributed by atoms with Gasteiger partial charge in [0.15, 0.2) is 0 Å². The number of thiophene rings is 1. The summed E-state index contributed by atoms with van der Waals surface area (Å²) < 4.78 is 51.8. The normalized spacial score (nSPS) is 18.0. The van der Waals surface area contributed by atoms with E-state index in [2.05, 4.69) is 4.72 Å². The molecule has 0 saturated heterocycles. The summed E-state index contributed by atoms with van der Waals surface area (Å²) in [5.41, 5.74) is 0.908. The highest BCUT2D eigenvalue weighted by Gasteiger charge is 2.35. The predicted octanol–water partition coefficient (Wildman–Crippen LogP) is 4.23. The van der Waals surface area contributed by atoms with E-state index in [-0.39, 0.29) is 29.6 Å². The number of rotatable bonds is 5. The largest absolute Gasteiger partial charge is 0.329 e. The molecule has 1 aliphatic heterocycles. The zero-order chi connectivity index (χ0) is 20.9. The number of thioether (sulfide) groups is 1. The molecule has 0 bridgehead atoms. The molecule has 1 aromatic heterocycles. The molecule has 2 aromatic rings. The molecule has 0 radical (unpaired) electrons. The maximum atomic E-state index is 12.7.